The summed E-state index contributed by atoms with van der Waals surface area (Å²) in [6.07, 6.45) is -39.8. The molecular formula is C60H98O28. The molecule has 17 N–H and O–H groups in total. The van der Waals surface area contributed by atoms with Crippen LogP contribution in [0.3, 0.4) is 0 Å². The van der Waals surface area contributed by atoms with Gasteiger partial charge in [-0.1, -0.05) is 67.0 Å². The highest BCUT2D eigenvalue weighted by molar-refractivity contribution is 5.81. The Morgan fingerprint density at radius 3 is 1.73 bits per heavy atom. The Morgan fingerprint density at radius 1 is 0.523 bits per heavy atom. The number of hydrogen-bond donors (Lipinski definition) is 17. The number of fused-ring (bicyclic) bond motifs is 7. The number of aliphatic hydroxyl groups excluding tert-OH is 17. The van der Waals surface area contributed by atoms with Gasteiger partial charge in [-0.25, -0.2) is 0 Å². The Hall–Kier alpha value is -1.83. The van der Waals surface area contributed by atoms with Crippen LogP contribution in [0.1, 0.15) is 114 Å². The number of carbonyl (C=O) groups excluding carboxylic acids is 1. The smallest absolute Gasteiger partial charge is 0.318 e. The first-order chi connectivity index (χ1) is 40.9. The van der Waals surface area contributed by atoms with E-state index in [9.17, 15) is 86.8 Å². The fourth-order valence-electron chi connectivity index (χ4n) is 19.0. The van der Waals surface area contributed by atoms with Crippen molar-refractivity contribution >= 4 is 5.97 Å². The zero-order chi connectivity index (χ0) is 64.9. The Balaban J connectivity index is 0.890. The van der Waals surface area contributed by atoms with Crippen molar-refractivity contribution in [3.05, 3.63) is 11.6 Å². The van der Waals surface area contributed by atoms with E-state index in [0.717, 1.165) is 5.57 Å². The predicted molar refractivity (Wildman–Crippen MR) is 295 cm³/mol. The van der Waals surface area contributed by atoms with Gasteiger partial charge in [-0.3, -0.25) is 4.79 Å². The SMILES string of the molecule is C[C@@H]1O[C@@H](O[C@@H]2[C@@H](O)[C@H](O[C@@H]3[C@@H](O)[C@@H](O)[C@H](O[C@H]4[C@H](OC(=O)[C@]56CCC(C)(C)C[C@@]5(C)C5=CC[C@@]7(C)[C@@](C)(C[C@@H](O)[C@H]8[C@](C)(CO)[C@@H](O[C@@H]9O[C@H](CO)[C@@H](O)[C@H](O)[C@H]9O)[C@@H](O)C[C@@]87C)[C@]5(C)C[C@H]6O)OC[C@H](O)[C@@H]4O)O[C@H]3C)OC[C@H]2O)[C@H](O)[C@H](O)[C@H]1O. The summed E-state index contributed by atoms with van der Waals surface area (Å²) < 4.78 is 59.1. The van der Waals surface area contributed by atoms with E-state index < -0.39 is 247 Å². The van der Waals surface area contributed by atoms with Gasteiger partial charge in [0.05, 0.1) is 63.1 Å². The van der Waals surface area contributed by atoms with E-state index in [4.69, 9.17) is 47.4 Å². The molecule has 28 heteroatoms. The molecule has 35 atom stereocenters. The Bertz CT molecular complexity index is 2530. The lowest BCUT2D eigenvalue weighted by Gasteiger charge is -2.78. The highest BCUT2D eigenvalue weighted by Gasteiger charge is 2.80. The average molecular weight is 1270 g/mol. The third kappa shape index (κ3) is 10.4. The van der Waals surface area contributed by atoms with Crippen LogP contribution in [0.4, 0.5) is 0 Å². The summed E-state index contributed by atoms with van der Waals surface area (Å²) in [4.78, 5) is 15.7. The molecule has 5 heterocycles. The maximum atomic E-state index is 15.7. The van der Waals surface area contributed by atoms with Gasteiger partial charge in [0, 0.05) is 16.7 Å². The van der Waals surface area contributed by atoms with Crippen LogP contribution in [0, 0.1) is 49.2 Å². The second-order valence-electron chi connectivity index (χ2n) is 29.6. The lowest BCUT2D eigenvalue weighted by molar-refractivity contribution is -0.377. The van der Waals surface area contributed by atoms with Crippen LogP contribution in [0.5, 0.6) is 0 Å². The molecule has 9 fully saturated rings. The molecule has 0 spiro atoms. The van der Waals surface area contributed by atoms with E-state index in [2.05, 4.69) is 33.8 Å². The van der Waals surface area contributed by atoms with Gasteiger partial charge < -0.3 is 134 Å². The molecule has 0 radical (unpaired) electrons. The van der Waals surface area contributed by atoms with Gasteiger partial charge in [-0.2, -0.15) is 0 Å². The first-order valence-corrected chi connectivity index (χ1v) is 31.1. The maximum absolute atomic E-state index is 15.7. The van der Waals surface area contributed by atoms with Crippen molar-refractivity contribution in [2.24, 2.45) is 49.2 Å². The minimum absolute atomic E-state index is 0.00764. The molecule has 0 aromatic rings. The van der Waals surface area contributed by atoms with Crippen molar-refractivity contribution in [1.29, 1.82) is 0 Å². The zero-order valence-corrected chi connectivity index (χ0v) is 51.6. The fraction of sp³-hybridized carbons (Fsp3) is 0.950. The summed E-state index contributed by atoms with van der Waals surface area (Å²) in [5.74, 6) is -1.70. The summed E-state index contributed by atoms with van der Waals surface area (Å²) in [5.41, 5.74) is -7.69. The minimum atomic E-state index is -2.01. The Kier molecular flexibility index (Phi) is 18.9. The van der Waals surface area contributed by atoms with E-state index in [0.29, 0.717) is 19.3 Å². The fourth-order valence-corrected chi connectivity index (χ4v) is 19.0. The van der Waals surface area contributed by atoms with Gasteiger partial charge in [-0.05, 0) is 85.9 Å². The standard InChI is InChI=1S/C60H98O28/c1-23-32(68)35(71)38(74)48(81-23)85-43-28(66)20-79-47(41(43)77)84-42-24(2)82-49(40(76)37(42)73)86-44-33(69)27(65)19-80-51(44)88-52(78)60-14-13-53(3,4)21-57(60,8)30-11-12-58(9)56(7)15-26(64)46(87-50-39(75)36(72)34(70)29(18-61)83-50)54(5,22-62)45(56)25(63)16-59(58,10)55(30,6)17-31(60)67/h11,23-29,31-51,61-77H,12-22H2,1-10H3/t23-,24-,25+,26-,27-,28+,29+,31+,32-,33-,34+,35+,36-,37-,38+,39+,40+,41+,42-,43-,44+,45-,46-,47-,48-,49-,50-,51-,54-,55+,56-,57-,58+,59-,60+/m0/s1. The van der Waals surface area contributed by atoms with Crippen LogP contribution in [0.2, 0.25) is 0 Å². The minimum Gasteiger partial charge on any atom is -0.432 e. The van der Waals surface area contributed by atoms with Gasteiger partial charge in [0.1, 0.15) is 97.0 Å². The van der Waals surface area contributed by atoms with E-state index in [1.807, 2.05) is 20.8 Å². The van der Waals surface area contributed by atoms with Crippen LogP contribution in [0.15, 0.2) is 11.6 Å². The molecule has 506 valence electrons. The molecular weight excluding hydrogens is 1170 g/mol. The van der Waals surface area contributed by atoms with Crippen LogP contribution >= 0.6 is 0 Å². The Labute approximate surface area is 510 Å². The first kappa shape index (κ1) is 69.0. The third-order valence-corrected chi connectivity index (χ3v) is 24.2. The van der Waals surface area contributed by atoms with Crippen LogP contribution in [-0.4, -0.2) is 285 Å². The number of rotatable bonds is 12. The molecule has 4 saturated carbocycles. The molecule has 28 nitrogen and oxygen atoms in total. The lowest BCUT2D eigenvalue weighted by atomic mass is 9.27. The molecule has 0 aromatic heterocycles. The van der Waals surface area contributed by atoms with E-state index >= 15 is 4.79 Å². The molecule has 0 amide bonds. The van der Waals surface area contributed by atoms with Crippen LogP contribution in [0.25, 0.3) is 0 Å². The van der Waals surface area contributed by atoms with Gasteiger partial charge in [0.15, 0.2) is 31.3 Å². The monoisotopic (exact) mass is 1270 g/mol. The van der Waals surface area contributed by atoms with E-state index in [1.165, 1.54) is 13.8 Å². The van der Waals surface area contributed by atoms with Crippen molar-refractivity contribution in [3.8, 4) is 0 Å². The summed E-state index contributed by atoms with van der Waals surface area (Å²) in [5, 5.41) is 191. The summed E-state index contributed by atoms with van der Waals surface area (Å²) in [6, 6.07) is 0. The third-order valence-electron chi connectivity index (χ3n) is 24.2. The van der Waals surface area contributed by atoms with E-state index in [-0.39, 0.29) is 25.7 Å². The Morgan fingerprint density at radius 2 is 1.09 bits per heavy atom. The van der Waals surface area contributed by atoms with Crippen molar-refractivity contribution in [2.75, 3.05) is 26.4 Å². The van der Waals surface area contributed by atoms with Gasteiger partial charge >= 0.3 is 5.97 Å². The number of carbonyl (C=O) groups is 1. The number of aliphatic hydroxyl groups is 17. The highest BCUT2D eigenvalue weighted by Crippen LogP contribution is 2.82. The summed E-state index contributed by atoms with van der Waals surface area (Å²) in [6.45, 7) is 16.4. The number of hydrogen-bond acceptors (Lipinski definition) is 28. The molecule has 5 saturated heterocycles. The number of allylic oxidation sites excluding steroid dienone is 2. The van der Waals surface area contributed by atoms with Crippen LogP contribution in [-0.2, 0) is 52.2 Å². The van der Waals surface area contributed by atoms with Gasteiger partial charge in [0.2, 0.25) is 6.29 Å². The second-order valence-corrected chi connectivity index (χ2v) is 29.6. The van der Waals surface area contributed by atoms with E-state index in [1.54, 1.807) is 6.92 Å². The molecule has 10 aliphatic rings. The number of esters is 1. The molecule has 10 rings (SSSR count). The first-order valence-electron chi connectivity index (χ1n) is 31.1. The molecule has 0 unspecified atom stereocenters. The topological polar surface area (TPSA) is 453 Å². The quantitative estimate of drug-likeness (QED) is 0.0500. The molecule has 5 aliphatic carbocycles. The van der Waals surface area contributed by atoms with Crippen molar-refractivity contribution in [1.82, 2.24) is 0 Å². The molecule has 5 aliphatic heterocycles. The van der Waals surface area contributed by atoms with Gasteiger partial charge in [0.25, 0.3) is 0 Å². The van der Waals surface area contributed by atoms with Crippen LogP contribution < -0.4 is 0 Å². The second kappa shape index (κ2) is 24.1. The zero-order valence-electron chi connectivity index (χ0n) is 51.6. The highest BCUT2D eigenvalue weighted by atomic mass is 16.8. The number of ether oxygens (including phenoxy) is 10. The van der Waals surface area contributed by atoms with Gasteiger partial charge in [-0.15, -0.1) is 0 Å². The predicted octanol–water partition coefficient (Wildman–Crippen LogP) is -4.21. The average Bonchev–Trinajstić information content (AvgIpc) is 0.651. The van der Waals surface area contributed by atoms with Crippen molar-refractivity contribution < 1.29 is 139 Å². The molecule has 0 aromatic carbocycles. The molecule has 88 heavy (non-hydrogen) atoms. The summed E-state index contributed by atoms with van der Waals surface area (Å²) in [7, 11) is 0. The maximum Gasteiger partial charge on any atom is 0.318 e. The van der Waals surface area contributed by atoms with Crippen molar-refractivity contribution in [2.45, 2.75) is 280 Å². The lowest BCUT2D eigenvalue weighted by Crippen LogP contribution is -2.77. The van der Waals surface area contributed by atoms with Crippen molar-refractivity contribution in [3.63, 3.8) is 0 Å². The molecule has 0 bridgehead atoms. The summed E-state index contributed by atoms with van der Waals surface area (Å²) >= 11 is 0. The largest absolute Gasteiger partial charge is 0.432 e. The normalized spacial score (nSPS) is 57.2.